The number of aliphatic carboxylic acids is 1. The lowest BCUT2D eigenvalue weighted by molar-refractivity contribution is -0.313. The van der Waals surface area contributed by atoms with Gasteiger partial charge in [-0.25, -0.2) is 0 Å². The van der Waals surface area contributed by atoms with Crippen molar-refractivity contribution in [1.29, 1.82) is 0 Å². The van der Waals surface area contributed by atoms with Gasteiger partial charge in [0.15, 0.2) is 0 Å². The lowest BCUT2D eigenvalue weighted by Crippen LogP contribution is -2.43. The third-order valence-electron chi connectivity index (χ3n) is 3.29. The van der Waals surface area contributed by atoms with Gasteiger partial charge in [0, 0.05) is 36.7 Å². The van der Waals surface area contributed by atoms with Crippen LogP contribution in [0.3, 0.4) is 0 Å². The van der Waals surface area contributed by atoms with E-state index < -0.39 is 17.8 Å². The molecule has 1 aliphatic carbocycles. The van der Waals surface area contributed by atoms with Crippen molar-refractivity contribution >= 4 is 11.9 Å². The fourth-order valence-electron chi connectivity index (χ4n) is 2.19. The second-order valence-corrected chi connectivity index (χ2v) is 4.55. The van der Waals surface area contributed by atoms with Gasteiger partial charge in [0.2, 0.25) is 5.91 Å². The van der Waals surface area contributed by atoms with Crippen LogP contribution >= 0.6 is 0 Å². The standard InChI is InChI=1S/C14H16N2O3/c17-13(16-9-10-5-7-15-8-6-10)11-3-1-2-4-12(11)14(18)19/h1-2,5-8,11-12H,3-4,9H2,(H,16,17)(H,18,19)/p-1/t11-,12-/m0/s1. The maximum Gasteiger partial charge on any atom is 0.224 e. The number of hydrogen-bond acceptors (Lipinski definition) is 4. The Morgan fingerprint density at radius 3 is 2.47 bits per heavy atom. The van der Waals surface area contributed by atoms with E-state index in [1.807, 2.05) is 6.08 Å². The van der Waals surface area contributed by atoms with E-state index in [0.29, 0.717) is 19.4 Å². The van der Waals surface area contributed by atoms with Gasteiger partial charge in [-0.1, -0.05) is 12.2 Å². The van der Waals surface area contributed by atoms with Crippen LogP contribution < -0.4 is 10.4 Å². The predicted molar refractivity (Wildman–Crippen MR) is 66.4 cm³/mol. The average Bonchev–Trinajstić information content (AvgIpc) is 2.46. The van der Waals surface area contributed by atoms with Crippen molar-refractivity contribution in [3.8, 4) is 0 Å². The highest BCUT2D eigenvalue weighted by atomic mass is 16.4. The number of hydrogen-bond donors (Lipinski definition) is 1. The molecule has 0 bridgehead atoms. The number of carbonyl (C=O) groups is 2. The summed E-state index contributed by atoms with van der Waals surface area (Å²) in [5, 5.41) is 13.8. The van der Waals surface area contributed by atoms with Gasteiger partial charge in [-0.05, 0) is 30.5 Å². The molecule has 0 saturated carbocycles. The second-order valence-electron chi connectivity index (χ2n) is 4.55. The third kappa shape index (κ3) is 3.40. The highest BCUT2D eigenvalue weighted by Crippen LogP contribution is 2.25. The highest BCUT2D eigenvalue weighted by Gasteiger charge is 2.29. The first-order chi connectivity index (χ1) is 9.18. The summed E-state index contributed by atoms with van der Waals surface area (Å²) in [5.74, 6) is -2.68. The Hall–Kier alpha value is -2.17. The summed E-state index contributed by atoms with van der Waals surface area (Å²) >= 11 is 0. The summed E-state index contributed by atoms with van der Waals surface area (Å²) in [6, 6.07) is 3.61. The number of pyridine rings is 1. The summed E-state index contributed by atoms with van der Waals surface area (Å²) in [6.07, 6.45) is 7.73. The van der Waals surface area contributed by atoms with E-state index >= 15 is 0 Å². The number of carbonyl (C=O) groups excluding carboxylic acids is 2. The Bertz CT molecular complexity index is 485. The SMILES string of the molecule is O=C([O-])[C@H]1CC=CC[C@@H]1C(=O)NCc1ccncc1. The lowest BCUT2D eigenvalue weighted by atomic mass is 9.82. The van der Waals surface area contributed by atoms with Gasteiger partial charge in [0.05, 0.1) is 0 Å². The molecule has 0 radical (unpaired) electrons. The molecule has 0 spiro atoms. The van der Waals surface area contributed by atoms with E-state index in [0.717, 1.165) is 5.56 Å². The molecule has 1 aliphatic rings. The van der Waals surface area contributed by atoms with Crippen molar-refractivity contribution in [3.63, 3.8) is 0 Å². The lowest BCUT2D eigenvalue weighted by Gasteiger charge is -2.28. The van der Waals surface area contributed by atoms with E-state index in [4.69, 9.17) is 0 Å². The monoisotopic (exact) mass is 259 g/mol. The molecule has 19 heavy (non-hydrogen) atoms. The van der Waals surface area contributed by atoms with Crippen LogP contribution in [-0.2, 0) is 16.1 Å². The Morgan fingerprint density at radius 2 is 1.84 bits per heavy atom. The van der Waals surface area contributed by atoms with E-state index in [1.165, 1.54) is 0 Å². The fraction of sp³-hybridized carbons (Fsp3) is 0.357. The van der Waals surface area contributed by atoms with E-state index in [1.54, 1.807) is 30.6 Å². The minimum absolute atomic E-state index is 0.240. The molecule has 5 nitrogen and oxygen atoms in total. The van der Waals surface area contributed by atoms with E-state index in [9.17, 15) is 14.7 Å². The number of amides is 1. The van der Waals surface area contributed by atoms with Crippen molar-refractivity contribution in [2.45, 2.75) is 19.4 Å². The predicted octanol–water partition coefficient (Wildman–Crippen LogP) is 0.0301. The summed E-state index contributed by atoms with van der Waals surface area (Å²) in [7, 11) is 0. The van der Waals surface area contributed by atoms with Gasteiger partial charge in [0.1, 0.15) is 0 Å². The molecule has 0 aromatic carbocycles. The zero-order chi connectivity index (χ0) is 13.7. The molecular formula is C14H15N2O3-. The van der Waals surface area contributed by atoms with Gasteiger partial charge in [-0.2, -0.15) is 0 Å². The average molecular weight is 259 g/mol. The van der Waals surface area contributed by atoms with Crippen molar-refractivity contribution in [2.75, 3.05) is 0 Å². The largest absolute Gasteiger partial charge is 0.550 e. The van der Waals surface area contributed by atoms with Crippen LogP contribution in [0.2, 0.25) is 0 Å². The van der Waals surface area contributed by atoms with Crippen LogP contribution in [0.15, 0.2) is 36.7 Å². The summed E-state index contributed by atoms with van der Waals surface area (Å²) in [5.41, 5.74) is 0.930. The first-order valence-electron chi connectivity index (χ1n) is 6.21. The molecule has 2 rings (SSSR count). The van der Waals surface area contributed by atoms with E-state index in [2.05, 4.69) is 10.3 Å². The van der Waals surface area contributed by atoms with Crippen molar-refractivity contribution in [3.05, 3.63) is 42.2 Å². The molecule has 1 N–H and O–H groups in total. The number of carboxylic acids is 1. The van der Waals surface area contributed by atoms with E-state index in [-0.39, 0.29) is 5.91 Å². The van der Waals surface area contributed by atoms with Crippen molar-refractivity contribution in [2.24, 2.45) is 11.8 Å². The van der Waals surface area contributed by atoms with Crippen molar-refractivity contribution in [1.82, 2.24) is 10.3 Å². The fourth-order valence-corrected chi connectivity index (χ4v) is 2.19. The van der Waals surface area contributed by atoms with Gasteiger partial charge < -0.3 is 15.2 Å². The number of carboxylic acid groups (broad SMARTS) is 1. The second kappa shape index (κ2) is 6.13. The van der Waals surface area contributed by atoms with Gasteiger partial charge in [-0.3, -0.25) is 9.78 Å². The maximum atomic E-state index is 12.0. The number of nitrogens with one attached hydrogen (secondary N) is 1. The molecule has 1 aromatic heterocycles. The van der Waals surface area contributed by atoms with Crippen LogP contribution in [0.5, 0.6) is 0 Å². The van der Waals surface area contributed by atoms with Gasteiger partial charge in [-0.15, -0.1) is 0 Å². The van der Waals surface area contributed by atoms with Crippen LogP contribution in [0.25, 0.3) is 0 Å². The van der Waals surface area contributed by atoms with Crippen LogP contribution in [-0.4, -0.2) is 16.9 Å². The molecular weight excluding hydrogens is 244 g/mol. The molecule has 0 saturated heterocycles. The Balaban J connectivity index is 1.95. The Morgan fingerprint density at radius 1 is 1.21 bits per heavy atom. The first-order valence-corrected chi connectivity index (χ1v) is 6.21. The smallest absolute Gasteiger partial charge is 0.224 e. The van der Waals surface area contributed by atoms with Crippen LogP contribution in [0.1, 0.15) is 18.4 Å². The molecule has 1 amide bonds. The summed E-state index contributed by atoms with van der Waals surface area (Å²) in [6.45, 7) is 0.376. The molecule has 2 atom stereocenters. The van der Waals surface area contributed by atoms with Gasteiger partial charge in [0.25, 0.3) is 0 Å². The van der Waals surface area contributed by atoms with Crippen molar-refractivity contribution < 1.29 is 14.7 Å². The molecule has 0 unspecified atom stereocenters. The van der Waals surface area contributed by atoms with Crippen LogP contribution in [0, 0.1) is 11.8 Å². The quantitative estimate of drug-likeness (QED) is 0.773. The number of rotatable bonds is 4. The minimum atomic E-state index is -1.16. The topological polar surface area (TPSA) is 82.1 Å². The zero-order valence-corrected chi connectivity index (χ0v) is 10.4. The molecule has 0 fully saturated rings. The summed E-state index contributed by atoms with van der Waals surface area (Å²) < 4.78 is 0. The molecule has 1 heterocycles. The Labute approximate surface area is 111 Å². The number of aromatic nitrogens is 1. The molecule has 100 valence electrons. The zero-order valence-electron chi connectivity index (χ0n) is 10.4. The highest BCUT2D eigenvalue weighted by molar-refractivity contribution is 5.84. The number of allylic oxidation sites excluding steroid dienone is 2. The molecule has 1 aromatic rings. The third-order valence-corrected chi connectivity index (χ3v) is 3.29. The summed E-state index contributed by atoms with van der Waals surface area (Å²) in [4.78, 5) is 26.9. The van der Waals surface area contributed by atoms with Crippen LogP contribution in [0.4, 0.5) is 0 Å². The molecule has 5 heteroatoms. The number of nitrogens with zero attached hydrogens (tertiary/aromatic N) is 1. The minimum Gasteiger partial charge on any atom is -0.550 e. The Kier molecular flexibility index (Phi) is 4.28. The van der Waals surface area contributed by atoms with Gasteiger partial charge >= 0.3 is 0 Å². The first kappa shape index (κ1) is 13.3. The normalized spacial score (nSPS) is 21.9. The maximum absolute atomic E-state index is 12.0. The molecule has 0 aliphatic heterocycles.